The quantitative estimate of drug-likeness (QED) is 0.0261. The molecule has 0 spiro atoms. The van der Waals surface area contributed by atoms with Crippen LogP contribution in [0.4, 0.5) is 0 Å². The first kappa shape index (κ1) is 71.5. The van der Waals surface area contributed by atoms with Gasteiger partial charge in [-0.25, -0.2) is 0 Å². The zero-order valence-electron chi connectivity index (χ0n) is 48.9. The van der Waals surface area contributed by atoms with E-state index in [2.05, 4.69) is 203 Å². The van der Waals surface area contributed by atoms with Gasteiger partial charge in [-0.3, -0.25) is 14.4 Å². The Bertz CT molecular complexity index is 1840. The van der Waals surface area contributed by atoms with Crippen molar-refractivity contribution in [1.29, 1.82) is 0 Å². The van der Waals surface area contributed by atoms with Crippen LogP contribution in [0.2, 0.25) is 0 Å². The predicted octanol–water partition coefficient (Wildman–Crippen LogP) is 20.9. The van der Waals surface area contributed by atoms with Crippen LogP contribution in [0.3, 0.4) is 0 Å². The highest BCUT2D eigenvalue weighted by Gasteiger charge is 2.19. The lowest BCUT2D eigenvalue weighted by Gasteiger charge is -2.18. The second-order valence-electron chi connectivity index (χ2n) is 19.1. The first-order chi connectivity index (χ1) is 38.0. The van der Waals surface area contributed by atoms with Crippen LogP contribution in [0.25, 0.3) is 0 Å². The molecular formula is C71H108O6. The number of hydrogen-bond donors (Lipinski definition) is 0. The lowest BCUT2D eigenvalue weighted by atomic mass is 10.1. The maximum Gasteiger partial charge on any atom is 0.306 e. The molecule has 1 atom stereocenters. The van der Waals surface area contributed by atoms with Gasteiger partial charge in [0.1, 0.15) is 13.2 Å². The van der Waals surface area contributed by atoms with Gasteiger partial charge in [-0.05, 0) is 154 Å². The summed E-state index contributed by atoms with van der Waals surface area (Å²) in [5, 5.41) is 0. The molecule has 0 fully saturated rings. The molecule has 1 unspecified atom stereocenters. The van der Waals surface area contributed by atoms with Crippen LogP contribution in [0.15, 0.2) is 182 Å². The van der Waals surface area contributed by atoms with Gasteiger partial charge in [0, 0.05) is 19.3 Å². The average Bonchev–Trinajstić information content (AvgIpc) is 3.43. The Morgan fingerprint density at radius 1 is 0.260 bits per heavy atom. The van der Waals surface area contributed by atoms with Crippen LogP contribution >= 0.6 is 0 Å². The molecule has 0 bridgehead atoms. The number of carbonyl (C=O) groups is 3. The fraction of sp³-hybridized carbons (Fsp3) is 0.535. The molecule has 0 aliphatic rings. The van der Waals surface area contributed by atoms with Crippen LogP contribution in [-0.4, -0.2) is 37.2 Å². The third-order valence-electron chi connectivity index (χ3n) is 11.9. The average molecular weight is 1060 g/mol. The second kappa shape index (κ2) is 63.0. The highest BCUT2D eigenvalue weighted by atomic mass is 16.6. The van der Waals surface area contributed by atoms with E-state index in [4.69, 9.17) is 14.2 Å². The summed E-state index contributed by atoms with van der Waals surface area (Å²) in [5.41, 5.74) is 0. The smallest absolute Gasteiger partial charge is 0.306 e. The van der Waals surface area contributed by atoms with E-state index in [9.17, 15) is 14.4 Å². The molecule has 0 aromatic rings. The Balaban J connectivity index is 4.60. The Kier molecular flexibility index (Phi) is 58.6. The third-order valence-corrected chi connectivity index (χ3v) is 11.9. The molecule has 0 aromatic heterocycles. The van der Waals surface area contributed by atoms with Crippen molar-refractivity contribution in [3.05, 3.63) is 182 Å². The van der Waals surface area contributed by atoms with E-state index in [-0.39, 0.29) is 44.0 Å². The van der Waals surface area contributed by atoms with Crippen molar-refractivity contribution in [2.75, 3.05) is 13.2 Å². The number of ether oxygens (including phenoxy) is 3. The summed E-state index contributed by atoms with van der Waals surface area (Å²) >= 11 is 0. The zero-order valence-corrected chi connectivity index (χ0v) is 48.9. The van der Waals surface area contributed by atoms with Crippen molar-refractivity contribution in [2.45, 2.75) is 232 Å². The molecule has 0 rings (SSSR count). The SMILES string of the molecule is CC/C=C\C/C=C\C/C=C\C/C=C\C/C=C\C/C=C\CCCCC(=O)OCC(COC(=O)CCCCCC/C=C\C/C=C\C/C=C\C/C=C\CC)OC(=O)CCCCCCC/C=C\C/C=C\C/C=C\C/C=C\C/C=C\CC. The van der Waals surface area contributed by atoms with Crippen LogP contribution in [0.5, 0.6) is 0 Å². The highest BCUT2D eigenvalue weighted by molar-refractivity contribution is 5.71. The van der Waals surface area contributed by atoms with E-state index >= 15 is 0 Å². The number of unbranched alkanes of at least 4 members (excludes halogenated alkanes) is 11. The van der Waals surface area contributed by atoms with Gasteiger partial charge in [0.2, 0.25) is 0 Å². The van der Waals surface area contributed by atoms with Gasteiger partial charge >= 0.3 is 17.9 Å². The second-order valence-corrected chi connectivity index (χ2v) is 19.1. The lowest BCUT2D eigenvalue weighted by molar-refractivity contribution is -0.167. The normalized spacial score (nSPS) is 13.4. The molecule has 0 N–H and O–H groups in total. The number of esters is 3. The third kappa shape index (κ3) is 61.2. The molecule has 0 aromatic carbocycles. The molecule has 6 nitrogen and oxygen atoms in total. The van der Waals surface area contributed by atoms with Gasteiger partial charge in [-0.15, -0.1) is 0 Å². The summed E-state index contributed by atoms with van der Waals surface area (Å²) in [6.45, 7) is 6.21. The summed E-state index contributed by atoms with van der Waals surface area (Å²) in [7, 11) is 0. The predicted molar refractivity (Wildman–Crippen MR) is 334 cm³/mol. The van der Waals surface area contributed by atoms with Crippen molar-refractivity contribution < 1.29 is 28.6 Å². The van der Waals surface area contributed by atoms with Gasteiger partial charge in [-0.2, -0.15) is 0 Å². The largest absolute Gasteiger partial charge is 0.462 e. The summed E-state index contributed by atoms with van der Waals surface area (Å²) < 4.78 is 16.8. The monoisotopic (exact) mass is 1060 g/mol. The summed E-state index contributed by atoms with van der Waals surface area (Å²) in [6, 6.07) is 0. The minimum absolute atomic E-state index is 0.123. The fourth-order valence-corrected chi connectivity index (χ4v) is 7.46. The molecular weight excluding hydrogens is 949 g/mol. The Hall–Kier alpha value is -5.49. The van der Waals surface area contributed by atoms with E-state index in [1.54, 1.807) is 0 Å². The molecule has 428 valence electrons. The summed E-state index contributed by atoms with van der Waals surface area (Å²) in [4.78, 5) is 38.3. The van der Waals surface area contributed by atoms with Crippen LogP contribution < -0.4 is 0 Å². The van der Waals surface area contributed by atoms with Gasteiger partial charge in [0.05, 0.1) is 0 Å². The molecule has 0 heterocycles. The van der Waals surface area contributed by atoms with E-state index in [1.807, 2.05) is 0 Å². The molecule has 77 heavy (non-hydrogen) atoms. The molecule has 6 heteroatoms. The molecule has 0 aliphatic carbocycles. The van der Waals surface area contributed by atoms with Crippen molar-refractivity contribution in [2.24, 2.45) is 0 Å². The standard InChI is InChI=1S/C71H108O6/c1-4-7-10-13-16-19-22-25-28-31-33-35-37-40-43-46-49-52-55-58-61-64-70(73)76-67-68(66-75-69(72)63-60-57-54-51-48-45-42-39-30-27-24-21-18-15-12-9-6-3)77-71(74)65-62-59-56-53-50-47-44-41-38-36-34-32-29-26-23-20-17-14-11-8-5-2/h7-12,16-21,25-30,33-36,40-45,49,52,68H,4-6,13-15,22-24,31-32,37-39,46-48,50-51,53-67H2,1-3H3/b10-7-,11-8-,12-9-,19-16-,20-17-,21-18-,28-25-,29-26-,30-27-,35-33-,36-34-,43-40-,44-41-,45-42-,52-49-. The van der Waals surface area contributed by atoms with Gasteiger partial charge in [-0.1, -0.05) is 235 Å². The first-order valence-corrected chi connectivity index (χ1v) is 30.3. The Labute approximate surface area is 472 Å². The molecule has 0 amide bonds. The van der Waals surface area contributed by atoms with Gasteiger partial charge < -0.3 is 14.2 Å². The van der Waals surface area contributed by atoms with Crippen molar-refractivity contribution >= 4 is 17.9 Å². The van der Waals surface area contributed by atoms with Crippen molar-refractivity contribution in [1.82, 2.24) is 0 Å². The van der Waals surface area contributed by atoms with E-state index < -0.39 is 6.10 Å². The topological polar surface area (TPSA) is 78.9 Å². The first-order valence-electron chi connectivity index (χ1n) is 30.3. The number of hydrogen-bond acceptors (Lipinski definition) is 6. The molecule has 0 aliphatic heterocycles. The molecule has 0 saturated heterocycles. The summed E-state index contributed by atoms with van der Waals surface area (Å²) in [5.74, 6) is -1.02. The van der Waals surface area contributed by atoms with E-state index in [0.717, 1.165) is 180 Å². The van der Waals surface area contributed by atoms with Gasteiger partial charge in [0.15, 0.2) is 6.10 Å². The maximum atomic E-state index is 12.9. The lowest BCUT2D eigenvalue weighted by Crippen LogP contribution is -2.30. The van der Waals surface area contributed by atoms with Gasteiger partial charge in [0.25, 0.3) is 0 Å². The number of rotatable bonds is 52. The minimum Gasteiger partial charge on any atom is -0.462 e. The fourth-order valence-electron chi connectivity index (χ4n) is 7.46. The number of carbonyl (C=O) groups excluding carboxylic acids is 3. The van der Waals surface area contributed by atoms with E-state index in [0.29, 0.717) is 12.8 Å². The maximum absolute atomic E-state index is 12.9. The van der Waals surface area contributed by atoms with Crippen LogP contribution in [-0.2, 0) is 28.6 Å². The highest BCUT2D eigenvalue weighted by Crippen LogP contribution is 2.12. The minimum atomic E-state index is -0.830. The molecule has 0 saturated carbocycles. The van der Waals surface area contributed by atoms with Crippen LogP contribution in [0, 0.1) is 0 Å². The summed E-state index contributed by atoms with van der Waals surface area (Å²) in [6.07, 6.45) is 94.5. The Morgan fingerprint density at radius 2 is 0.468 bits per heavy atom. The van der Waals surface area contributed by atoms with Crippen molar-refractivity contribution in [3.8, 4) is 0 Å². The van der Waals surface area contributed by atoms with Crippen molar-refractivity contribution in [3.63, 3.8) is 0 Å². The zero-order chi connectivity index (χ0) is 55.7. The van der Waals surface area contributed by atoms with E-state index in [1.165, 1.54) is 0 Å². The molecule has 0 radical (unpaired) electrons. The Morgan fingerprint density at radius 3 is 0.753 bits per heavy atom. The van der Waals surface area contributed by atoms with Crippen LogP contribution in [0.1, 0.15) is 226 Å². The number of allylic oxidation sites excluding steroid dienone is 30.